The van der Waals surface area contributed by atoms with Gasteiger partial charge in [-0.1, -0.05) is 6.07 Å². The number of rotatable bonds is 2. The van der Waals surface area contributed by atoms with Crippen molar-refractivity contribution < 1.29 is 22.0 Å². The van der Waals surface area contributed by atoms with E-state index in [2.05, 4.69) is 10.3 Å². The van der Waals surface area contributed by atoms with Crippen LogP contribution in [0.3, 0.4) is 0 Å². The maximum Gasteiger partial charge on any atom is 0.416 e. The number of nitrogens with one attached hydrogen (secondary N) is 1. The largest absolute Gasteiger partial charge is 0.416 e. The monoisotopic (exact) mass is 289 g/mol. The molecule has 106 valence electrons. The molecule has 3 nitrogen and oxygen atoms in total. The number of hydrogen-bond donors (Lipinski definition) is 2. The van der Waals surface area contributed by atoms with Gasteiger partial charge in [0, 0.05) is 11.8 Å². The second-order valence-electron chi connectivity index (χ2n) is 3.89. The molecule has 8 heteroatoms. The summed E-state index contributed by atoms with van der Waals surface area (Å²) in [5.74, 6) is -3.12. The lowest BCUT2D eigenvalue weighted by atomic mass is 10.2. The van der Waals surface area contributed by atoms with E-state index in [-0.39, 0.29) is 5.69 Å². The number of halogens is 5. The van der Waals surface area contributed by atoms with Crippen molar-refractivity contribution in [2.24, 2.45) is 0 Å². The Labute approximate surface area is 110 Å². The number of hydrogen-bond acceptors (Lipinski definition) is 3. The molecule has 0 saturated heterocycles. The van der Waals surface area contributed by atoms with Gasteiger partial charge in [0.1, 0.15) is 0 Å². The zero-order valence-corrected chi connectivity index (χ0v) is 9.80. The molecule has 0 bridgehead atoms. The van der Waals surface area contributed by atoms with E-state index in [1.165, 1.54) is 6.07 Å². The van der Waals surface area contributed by atoms with Gasteiger partial charge in [0.2, 0.25) is 0 Å². The van der Waals surface area contributed by atoms with Crippen LogP contribution in [-0.2, 0) is 6.18 Å². The first-order chi connectivity index (χ1) is 9.27. The lowest BCUT2D eigenvalue weighted by molar-refractivity contribution is -0.137. The van der Waals surface area contributed by atoms with Crippen LogP contribution in [0.2, 0.25) is 0 Å². The van der Waals surface area contributed by atoms with Crippen LogP contribution in [0.1, 0.15) is 5.56 Å². The minimum absolute atomic E-state index is 0.0442. The second kappa shape index (κ2) is 4.95. The molecule has 0 aliphatic rings. The Morgan fingerprint density at radius 2 is 1.75 bits per heavy atom. The van der Waals surface area contributed by atoms with Gasteiger partial charge in [0.15, 0.2) is 23.3 Å². The van der Waals surface area contributed by atoms with Gasteiger partial charge in [-0.2, -0.15) is 13.2 Å². The summed E-state index contributed by atoms with van der Waals surface area (Å²) in [4.78, 5) is 3.39. The Morgan fingerprint density at radius 1 is 1.05 bits per heavy atom. The first-order valence-electron chi connectivity index (χ1n) is 5.33. The van der Waals surface area contributed by atoms with Crippen LogP contribution in [0.5, 0.6) is 0 Å². The van der Waals surface area contributed by atoms with Crippen molar-refractivity contribution in [2.45, 2.75) is 6.18 Å². The summed E-state index contributed by atoms with van der Waals surface area (Å²) in [6.07, 6.45) is -4.52. The molecule has 0 spiro atoms. The number of nitrogens with two attached hydrogens (primary N) is 1. The lowest BCUT2D eigenvalue weighted by Crippen LogP contribution is -2.06. The molecule has 2 rings (SSSR count). The number of pyridine rings is 1. The molecule has 0 saturated carbocycles. The predicted octanol–water partition coefficient (Wildman–Crippen LogP) is 3.70. The second-order valence-corrected chi connectivity index (χ2v) is 3.89. The fourth-order valence-corrected chi connectivity index (χ4v) is 1.48. The maximum atomic E-state index is 13.4. The molecular formula is C12H8F5N3. The first-order valence-corrected chi connectivity index (χ1v) is 5.33. The van der Waals surface area contributed by atoms with Gasteiger partial charge in [-0.05, 0) is 18.2 Å². The molecule has 3 N–H and O–H groups in total. The smallest absolute Gasteiger partial charge is 0.381 e. The molecule has 1 aromatic heterocycles. The van der Waals surface area contributed by atoms with Gasteiger partial charge in [-0.15, -0.1) is 0 Å². The van der Waals surface area contributed by atoms with Crippen LogP contribution < -0.4 is 11.1 Å². The van der Waals surface area contributed by atoms with Crippen molar-refractivity contribution in [2.75, 3.05) is 11.1 Å². The maximum absolute atomic E-state index is 13.4. The quantitative estimate of drug-likeness (QED) is 0.829. The average Bonchev–Trinajstić information content (AvgIpc) is 2.35. The number of nitrogen functional groups attached to an aromatic ring is 1. The van der Waals surface area contributed by atoms with Crippen molar-refractivity contribution in [1.29, 1.82) is 0 Å². The topological polar surface area (TPSA) is 50.9 Å². The number of anilines is 3. The molecule has 0 fully saturated rings. The fourth-order valence-electron chi connectivity index (χ4n) is 1.48. The molecule has 0 atom stereocenters. The van der Waals surface area contributed by atoms with Crippen LogP contribution in [-0.4, -0.2) is 4.98 Å². The third kappa shape index (κ3) is 2.95. The van der Waals surface area contributed by atoms with Gasteiger partial charge in [-0.25, -0.2) is 13.8 Å². The Balaban J connectivity index is 2.33. The number of benzene rings is 1. The molecule has 0 radical (unpaired) electrons. The summed E-state index contributed by atoms with van der Waals surface area (Å²) in [7, 11) is 0. The van der Waals surface area contributed by atoms with E-state index in [0.717, 1.165) is 18.2 Å². The Hall–Kier alpha value is -2.38. The van der Waals surface area contributed by atoms with Gasteiger partial charge in [-0.3, -0.25) is 0 Å². The average molecular weight is 289 g/mol. The molecule has 1 heterocycles. The van der Waals surface area contributed by atoms with E-state index in [9.17, 15) is 22.0 Å². The van der Waals surface area contributed by atoms with Gasteiger partial charge in [0.05, 0.1) is 5.56 Å². The molecule has 1 aromatic carbocycles. The minimum atomic E-state index is -4.52. The summed E-state index contributed by atoms with van der Waals surface area (Å²) in [6.45, 7) is 0. The highest BCUT2D eigenvalue weighted by Gasteiger charge is 2.30. The number of alkyl halides is 3. The number of aromatic nitrogens is 1. The van der Waals surface area contributed by atoms with E-state index in [1.54, 1.807) is 0 Å². The third-order valence-electron chi connectivity index (χ3n) is 2.41. The Bertz CT molecular complexity index is 639. The zero-order valence-electron chi connectivity index (χ0n) is 9.80. The highest BCUT2D eigenvalue weighted by atomic mass is 19.4. The van der Waals surface area contributed by atoms with E-state index in [1.807, 2.05) is 0 Å². The van der Waals surface area contributed by atoms with Crippen LogP contribution >= 0.6 is 0 Å². The normalized spacial score (nSPS) is 11.4. The van der Waals surface area contributed by atoms with Crippen molar-refractivity contribution in [3.8, 4) is 0 Å². The minimum Gasteiger partial charge on any atom is -0.381 e. The molecule has 0 aliphatic heterocycles. The Morgan fingerprint density at radius 3 is 2.40 bits per heavy atom. The summed E-state index contributed by atoms with van der Waals surface area (Å²) in [5, 5.41) is 2.32. The zero-order chi connectivity index (χ0) is 14.9. The highest BCUT2D eigenvalue weighted by Crippen LogP contribution is 2.31. The van der Waals surface area contributed by atoms with E-state index in [4.69, 9.17) is 5.73 Å². The van der Waals surface area contributed by atoms with Crippen LogP contribution in [0.4, 0.5) is 39.3 Å². The summed E-state index contributed by atoms with van der Waals surface area (Å²) >= 11 is 0. The van der Waals surface area contributed by atoms with Crippen LogP contribution in [0, 0.1) is 11.6 Å². The Kier molecular flexibility index (Phi) is 3.47. The van der Waals surface area contributed by atoms with E-state index >= 15 is 0 Å². The SMILES string of the molecule is Nc1nc(Nc2cccc(C(F)(F)F)c2)c(F)cc1F. The molecule has 0 amide bonds. The summed E-state index contributed by atoms with van der Waals surface area (Å²) < 4.78 is 63.9. The molecule has 2 aromatic rings. The van der Waals surface area contributed by atoms with Crippen molar-refractivity contribution in [1.82, 2.24) is 4.98 Å². The number of nitrogens with zero attached hydrogens (tertiary/aromatic N) is 1. The van der Waals surface area contributed by atoms with Crippen molar-refractivity contribution in [3.63, 3.8) is 0 Å². The van der Waals surface area contributed by atoms with Crippen LogP contribution in [0.25, 0.3) is 0 Å². The van der Waals surface area contributed by atoms with Gasteiger partial charge in [0.25, 0.3) is 0 Å². The van der Waals surface area contributed by atoms with Crippen LogP contribution in [0.15, 0.2) is 30.3 Å². The fraction of sp³-hybridized carbons (Fsp3) is 0.0833. The molecule has 20 heavy (non-hydrogen) atoms. The molecule has 0 aliphatic carbocycles. The first kappa shape index (κ1) is 14.0. The predicted molar refractivity (Wildman–Crippen MR) is 63.3 cm³/mol. The van der Waals surface area contributed by atoms with E-state index in [0.29, 0.717) is 6.07 Å². The van der Waals surface area contributed by atoms with Gasteiger partial charge >= 0.3 is 6.18 Å². The van der Waals surface area contributed by atoms with E-state index < -0.39 is 35.0 Å². The van der Waals surface area contributed by atoms with Crippen molar-refractivity contribution in [3.05, 3.63) is 47.5 Å². The molecule has 0 unspecified atom stereocenters. The standard InChI is InChI=1S/C12H8F5N3/c13-8-5-9(14)11(20-10(8)18)19-7-3-1-2-6(4-7)12(15,16)17/h1-5H,(H3,18,19,20). The lowest BCUT2D eigenvalue weighted by Gasteiger charge is -2.11. The van der Waals surface area contributed by atoms with Gasteiger partial charge < -0.3 is 11.1 Å². The summed E-state index contributed by atoms with van der Waals surface area (Å²) in [5.41, 5.74) is 4.22. The van der Waals surface area contributed by atoms with Crippen molar-refractivity contribution >= 4 is 17.3 Å². The third-order valence-corrected chi connectivity index (χ3v) is 2.41. The molecular weight excluding hydrogens is 281 g/mol. The highest BCUT2D eigenvalue weighted by molar-refractivity contribution is 5.59. The summed E-state index contributed by atoms with van der Waals surface area (Å²) in [6, 6.07) is 4.58.